The summed E-state index contributed by atoms with van der Waals surface area (Å²) in [6, 6.07) is 15.9. The maximum Gasteiger partial charge on any atom is 0.338 e. The number of ether oxygens (including phenoxy) is 5. The van der Waals surface area contributed by atoms with Gasteiger partial charge >= 0.3 is 11.9 Å². The van der Waals surface area contributed by atoms with Crippen molar-refractivity contribution in [2.45, 2.75) is 26.2 Å². The zero-order valence-electron chi connectivity index (χ0n) is 20.4. The van der Waals surface area contributed by atoms with Crippen LogP contribution in [0.2, 0.25) is 0 Å². The van der Waals surface area contributed by atoms with E-state index in [1.807, 2.05) is 0 Å². The summed E-state index contributed by atoms with van der Waals surface area (Å²) in [6.45, 7) is 4.29. The van der Waals surface area contributed by atoms with Crippen molar-refractivity contribution in [3.05, 3.63) is 82.4 Å². The van der Waals surface area contributed by atoms with Gasteiger partial charge in [-0.25, -0.2) is 9.59 Å². The Morgan fingerprint density at radius 1 is 1.06 bits per heavy atom. The summed E-state index contributed by atoms with van der Waals surface area (Å²) in [5.41, 5.74) is 7.42. The molecule has 0 saturated heterocycles. The van der Waals surface area contributed by atoms with Crippen molar-refractivity contribution >= 4 is 11.9 Å². The molecule has 0 bridgehead atoms. The molecule has 0 aromatic heterocycles. The van der Waals surface area contributed by atoms with Gasteiger partial charge in [-0.15, -0.1) is 0 Å². The second kappa shape index (κ2) is 12.3. The summed E-state index contributed by atoms with van der Waals surface area (Å²) < 4.78 is 26.9. The third-order valence-electron chi connectivity index (χ3n) is 5.39. The van der Waals surface area contributed by atoms with Crippen LogP contribution in [0.15, 0.2) is 71.3 Å². The van der Waals surface area contributed by atoms with E-state index in [2.05, 4.69) is 10.8 Å². The lowest BCUT2D eigenvalue weighted by molar-refractivity contribution is -0.139. The average molecular weight is 493 g/mol. The molecule has 0 spiro atoms. The van der Waals surface area contributed by atoms with E-state index in [0.717, 1.165) is 0 Å². The Balaban J connectivity index is 1.64. The van der Waals surface area contributed by atoms with Crippen LogP contribution < -0.4 is 15.2 Å². The zero-order valence-corrected chi connectivity index (χ0v) is 20.4. The SMILES string of the molecule is CCOC(=O)C1=C(C)OC(N)=C(C#N)C1c1cccc(OCCCOc2ccc(C(=O)OC)cc2)c1. The van der Waals surface area contributed by atoms with E-state index in [4.69, 9.17) is 24.7 Å². The third kappa shape index (κ3) is 6.16. The van der Waals surface area contributed by atoms with Gasteiger partial charge in [-0.05, 0) is 55.8 Å². The average Bonchev–Trinajstić information content (AvgIpc) is 2.88. The molecule has 2 N–H and O–H groups in total. The first-order valence-corrected chi connectivity index (χ1v) is 11.4. The zero-order chi connectivity index (χ0) is 26.1. The van der Waals surface area contributed by atoms with E-state index < -0.39 is 17.9 Å². The Bertz CT molecular complexity index is 1210. The van der Waals surface area contributed by atoms with Crippen LogP contribution in [0.25, 0.3) is 0 Å². The van der Waals surface area contributed by atoms with Gasteiger partial charge in [0.05, 0.1) is 44.0 Å². The Kier molecular flexibility index (Phi) is 8.95. The van der Waals surface area contributed by atoms with Crippen molar-refractivity contribution in [1.29, 1.82) is 5.26 Å². The number of nitriles is 1. The highest BCUT2D eigenvalue weighted by molar-refractivity contribution is 5.92. The van der Waals surface area contributed by atoms with Gasteiger partial charge in [0.1, 0.15) is 28.9 Å². The normalized spacial score (nSPS) is 15.0. The van der Waals surface area contributed by atoms with Crippen LogP contribution in [0.5, 0.6) is 11.5 Å². The maximum atomic E-state index is 12.7. The smallest absolute Gasteiger partial charge is 0.338 e. The highest BCUT2D eigenvalue weighted by Gasteiger charge is 2.36. The molecule has 0 fully saturated rings. The summed E-state index contributed by atoms with van der Waals surface area (Å²) >= 11 is 0. The van der Waals surface area contributed by atoms with E-state index in [1.54, 1.807) is 62.4 Å². The Morgan fingerprint density at radius 2 is 1.75 bits per heavy atom. The van der Waals surface area contributed by atoms with Crippen molar-refractivity contribution in [3.8, 4) is 17.6 Å². The van der Waals surface area contributed by atoms with Gasteiger partial charge in [-0.3, -0.25) is 0 Å². The number of benzene rings is 2. The van der Waals surface area contributed by atoms with E-state index in [0.29, 0.717) is 42.3 Å². The quantitative estimate of drug-likeness (QED) is 0.387. The molecule has 36 heavy (non-hydrogen) atoms. The van der Waals surface area contributed by atoms with Crippen LogP contribution in [0.3, 0.4) is 0 Å². The van der Waals surface area contributed by atoms with Crippen LogP contribution in [0.1, 0.15) is 42.1 Å². The van der Waals surface area contributed by atoms with Crippen molar-refractivity contribution in [2.24, 2.45) is 5.73 Å². The molecule has 0 saturated carbocycles. The minimum Gasteiger partial charge on any atom is -0.493 e. The fourth-order valence-electron chi connectivity index (χ4n) is 3.72. The fourth-order valence-corrected chi connectivity index (χ4v) is 3.72. The standard InChI is InChI=1S/C27H28N2O7/c1-4-33-27(31)23-17(2)36-25(29)22(16-28)24(23)19-7-5-8-21(15-19)35-14-6-13-34-20-11-9-18(10-12-20)26(30)32-3/h5,7-12,15,24H,4,6,13-14,29H2,1-3H3. The van der Waals surface area contributed by atoms with Gasteiger partial charge in [0.25, 0.3) is 0 Å². The second-order valence-electron chi connectivity index (χ2n) is 7.75. The topological polar surface area (TPSA) is 130 Å². The number of esters is 2. The number of carbonyl (C=O) groups is 2. The largest absolute Gasteiger partial charge is 0.493 e. The predicted molar refractivity (Wildman–Crippen MR) is 130 cm³/mol. The molecule has 0 radical (unpaired) electrons. The molecule has 188 valence electrons. The van der Waals surface area contributed by atoms with Crippen LogP contribution in [0.4, 0.5) is 0 Å². The number of allylic oxidation sites excluding steroid dienone is 2. The van der Waals surface area contributed by atoms with Gasteiger partial charge in [0.15, 0.2) is 0 Å². The van der Waals surface area contributed by atoms with Crippen LogP contribution in [-0.4, -0.2) is 38.9 Å². The molecule has 1 heterocycles. The first-order valence-electron chi connectivity index (χ1n) is 11.4. The molecule has 0 amide bonds. The molecule has 1 atom stereocenters. The van der Waals surface area contributed by atoms with Crippen LogP contribution >= 0.6 is 0 Å². The van der Waals surface area contributed by atoms with E-state index in [-0.39, 0.29) is 29.4 Å². The summed E-state index contributed by atoms with van der Waals surface area (Å²) in [7, 11) is 1.33. The van der Waals surface area contributed by atoms with Crippen LogP contribution in [-0.2, 0) is 19.0 Å². The summed E-state index contributed by atoms with van der Waals surface area (Å²) in [4.78, 5) is 24.2. The Labute approximate surface area is 209 Å². The number of rotatable bonds is 10. The van der Waals surface area contributed by atoms with Gasteiger partial charge < -0.3 is 29.4 Å². The monoisotopic (exact) mass is 492 g/mol. The summed E-state index contributed by atoms with van der Waals surface area (Å²) in [5, 5.41) is 9.72. The predicted octanol–water partition coefficient (Wildman–Crippen LogP) is 3.97. The molecule has 1 unspecified atom stereocenters. The molecular weight excluding hydrogens is 464 g/mol. The number of nitrogens with zero attached hydrogens (tertiary/aromatic N) is 1. The minimum absolute atomic E-state index is 0.0452. The molecule has 1 aliphatic heterocycles. The minimum atomic E-state index is -0.734. The molecule has 2 aromatic carbocycles. The molecule has 2 aromatic rings. The molecule has 9 nitrogen and oxygen atoms in total. The number of carbonyl (C=O) groups excluding carboxylic acids is 2. The van der Waals surface area contributed by atoms with Crippen molar-refractivity contribution in [3.63, 3.8) is 0 Å². The van der Waals surface area contributed by atoms with E-state index >= 15 is 0 Å². The van der Waals surface area contributed by atoms with Crippen molar-refractivity contribution in [2.75, 3.05) is 26.9 Å². The van der Waals surface area contributed by atoms with Crippen molar-refractivity contribution < 1.29 is 33.3 Å². The molecule has 1 aliphatic rings. The number of nitrogens with two attached hydrogens (primary N) is 1. The maximum absolute atomic E-state index is 12.7. The van der Waals surface area contributed by atoms with Gasteiger partial charge in [0, 0.05) is 6.42 Å². The number of methoxy groups -OCH3 is 1. The Hall–Kier alpha value is -4.45. The summed E-state index contributed by atoms with van der Waals surface area (Å²) in [6.07, 6.45) is 0.601. The number of hydrogen-bond acceptors (Lipinski definition) is 9. The third-order valence-corrected chi connectivity index (χ3v) is 5.39. The summed E-state index contributed by atoms with van der Waals surface area (Å²) in [5.74, 6) is -0.262. The second-order valence-corrected chi connectivity index (χ2v) is 7.75. The molecule has 0 aliphatic carbocycles. The van der Waals surface area contributed by atoms with Gasteiger partial charge in [0.2, 0.25) is 5.88 Å². The highest BCUT2D eigenvalue weighted by atomic mass is 16.5. The number of hydrogen-bond donors (Lipinski definition) is 1. The lowest BCUT2D eigenvalue weighted by atomic mass is 9.83. The molecular formula is C27H28N2O7. The Morgan fingerprint density at radius 3 is 2.39 bits per heavy atom. The lowest BCUT2D eigenvalue weighted by Gasteiger charge is -2.27. The molecule has 3 rings (SSSR count). The lowest BCUT2D eigenvalue weighted by Crippen LogP contribution is -2.25. The van der Waals surface area contributed by atoms with Gasteiger partial charge in [-0.2, -0.15) is 5.26 Å². The highest BCUT2D eigenvalue weighted by Crippen LogP contribution is 2.40. The van der Waals surface area contributed by atoms with E-state index in [1.165, 1.54) is 7.11 Å². The van der Waals surface area contributed by atoms with Gasteiger partial charge in [-0.1, -0.05) is 12.1 Å². The molecule has 9 heteroatoms. The van der Waals surface area contributed by atoms with E-state index in [9.17, 15) is 14.9 Å². The first kappa shape index (κ1) is 26.2. The van der Waals surface area contributed by atoms with Crippen LogP contribution in [0, 0.1) is 11.3 Å². The van der Waals surface area contributed by atoms with Crippen molar-refractivity contribution in [1.82, 2.24) is 0 Å². The fraction of sp³-hybridized carbons (Fsp3) is 0.296. The first-order chi connectivity index (χ1) is 17.4.